The Kier molecular flexibility index (Phi) is 5.36. The van der Waals surface area contributed by atoms with Crippen LogP contribution in [-0.4, -0.2) is 29.7 Å². The van der Waals surface area contributed by atoms with Crippen LogP contribution in [0.3, 0.4) is 0 Å². The number of hydrogen-bond donors (Lipinski definition) is 1. The molecule has 0 saturated heterocycles. The third-order valence-electron chi connectivity index (χ3n) is 4.51. The van der Waals surface area contributed by atoms with E-state index < -0.39 is 0 Å². The molecular weight excluding hydrogens is 374 g/mol. The van der Waals surface area contributed by atoms with Gasteiger partial charge in [0.2, 0.25) is 0 Å². The Morgan fingerprint density at radius 3 is 2.96 bits per heavy atom. The number of nitrogens with zero attached hydrogens (tertiary/aromatic N) is 6. The van der Waals surface area contributed by atoms with E-state index in [0.29, 0.717) is 6.54 Å². The molecule has 1 atom stereocenters. The molecule has 9 heteroatoms. The smallest absolute Gasteiger partial charge is 0.149 e. The van der Waals surface area contributed by atoms with Crippen LogP contribution < -0.4 is 5.32 Å². The molecule has 0 saturated carbocycles. The number of nitrogens with one attached hydrogen (secondary N) is 1. The molecule has 8 nitrogen and oxygen atoms in total. The molecule has 0 radical (unpaired) electrons. The Bertz CT molecular complexity index is 1040. The summed E-state index contributed by atoms with van der Waals surface area (Å²) >= 11 is 1.74. The SMILES string of the molecule is CCn1cnnc1C(C)NCc1ccc(-c2ccn(Cc3cc(C)on3)n2)s1. The molecule has 0 aliphatic heterocycles. The average molecular weight is 398 g/mol. The highest BCUT2D eigenvalue weighted by atomic mass is 32.1. The fourth-order valence-electron chi connectivity index (χ4n) is 3.04. The van der Waals surface area contributed by atoms with Gasteiger partial charge in [0.1, 0.15) is 29.3 Å². The maximum absolute atomic E-state index is 5.11. The summed E-state index contributed by atoms with van der Waals surface area (Å²) in [6.45, 7) is 8.34. The molecule has 0 aliphatic carbocycles. The highest BCUT2D eigenvalue weighted by Gasteiger charge is 2.13. The maximum atomic E-state index is 5.11. The van der Waals surface area contributed by atoms with Gasteiger partial charge < -0.3 is 14.4 Å². The van der Waals surface area contributed by atoms with Gasteiger partial charge in [0.05, 0.1) is 17.5 Å². The third-order valence-corrected chi connectivity index (χ3v) is 5.62. The Balaban J connectivity index is 1.38. The molecule has 0 spiro atoms. The van der Waals surface area contributed by atoms with Gasteiger partial charge in [0.25, 0.3) is 0 Å². The summed E-state index contributed by atoms with van der Waals surface area (Å²) in [6, 6.07) is 8.36. The lowest BCUT2D eigenvalue weighted by Gasteiger charge is -2.13. The fraction of sp³-hybridized carbons (Fsp3) is 0.368. The van der Waals surface area contributed by atoms with Crippen molar-refractivity contribution in [1.82, 2.24) is 35.0 Å². The number of rotatable bonds is 8. The quantitative estimate of drug-likeness (QED) is 0.490. The molecule has 0 aliphatic rings. The molecule has 4 heterocycles. The first-order valence-corrected chi connectivity index (χ1v) is 10.1. The second kappa shape index (κ2) is 8.07. The summed E-state index contributed by atoms with van der Waals surface area (Å²) in [6.07, 6.45) is 3.74. The van der Waals surface area contributed by atoms with E-state index in [2.05, 4.69) is 56.3 Å². The monoisotopic (exact) mass is 397 g/mol. The first-order valence-electron chi connectivity index (χ1n) is 9.28. The predicted molar refractivity (Wildman–Crippen MR) is 107 cm³/mol. The van der Waals surface area contributed by atoms with E-state index in [0.717, 1.165) is 40.9 Å². The normalized spacial score (nSPS) is 12.5. The van der Waals surface area contributed by atoms with Crippen molar-refractivity contribution < 1.29 is 4.52 Å². The zero-order valence-corrected chi connectivity index (χ0v) is 17.0. The van der Waals surface area contributed by atoms with Crippen molar-refractivity contribution in [2.24, 2.45) is 0 Å². The summed E-state index contributed by atoms with van der Waals surface area (Å²) < 4.78 is 9.05. The van der Waals surface area contributed by atoms with Crippen LogP contribution in [0.15, 0.2) is 41.3 Å². The minimum Gasteiger partial charge on any atom is -0.361 e. The molecule has 146 valence electrons. The van der Waals surface area contributed by atoms with Crippen LogP contribution in [0.1, 0.15) is 42.0 Å². The molecule has 0 bridgehead atoms. The van der Waals surface area contributed by atoms with E-state index in [4.69, 9.17) is 4.52 Å². The third kappa shape index (κ3) is 4.05. The summed E-state index contributed by atoms with van der Waals surface area (Å²) in [5.41, 5.74) is 1.84. The molecular formula is C19H23N7OS. The standard InChI is InChI=1S/C19H23N7OS/c1-4-25-12-21-22-19(25)14(3)20-10-16-5-6-18(28-16)17-7-8-26(23-17)11-15-9-13(2)27-24-15/h5-9,12,14,20H,4,10-11H2,1-3H3. The van der Waals surface area contributed by atoms with Crippen LogP contribution in [0, 0.1) is 6.92 Å². The van der Waals surface area contributed by atoms with Crippen molar-refractivity contribution in [3.05, 3.63) is 58.9 Å². The Labute approximate surface area is 167 Å². The van der Waals surface area contributed by atoms with Gasteiger partial charge in [-0.1, -0.05) is 5.16 Å². The van der Waals surface area contributed by atoms with E-state index in [9.17, 15) is 0 Å². The average Bonchev–Trinajstić information content (AvgIpc) is 3.47. The van der Waals surface area contributed by atoms with Crippen molar-refractivity contribution >= 4 is 11.3 Å². The van der Waals surface area contributed by atoms with Gasteiger partial charge in [0.15, 0.2) is 0 Å². The highest BCUT2D eigenvalue weighted by molar-refractivity contribution is 7.15. The minimum absolute atomic E-state index is 0.137. The minimum atomic E-state index is 0.137. The number of thiophene rings is 1. The predicted octanol–water partition coefficient (Wildman–Crippen LogP) is 3.42. The molecule has 4 aromatic heterocycles. The van der Waals surface area contributed by atoms with Crippen molar-refractivity contribution in [1.29, 1.82) is 0 Å². The van der Waals surface area contributed by atoms with Crippen molar-refractivity contribution in [3.8, 4) is 10.6 Å². The lowest BCUT2D eigenvalue weighted by atomic mass is 10.3. The van der Waals surface area contributed by atoms with Gasteiger partial charge in [0, 0.05) is 30.2 Å². The van der Waals surface area contributed by atoms with Gasteiger partial charge in [-0.3, -0.25) is 4.68 Å². The zero-order valence-electron chi connectivity index (χ0n) is 16.2. The van der Waals surface area contributed by atoms with Crippen molar-refractivity contribution in [3.63, 3.8) is 0 Å². The first-order chi connectivity index (χ1) is 13.6. The molecule has 4 rings (SSSR count). The molecule has 1 N–H and O–H groups in total. The Morgan fingerprint density at radius 1 is 1.29 bits per heavy atom. The van der Waals surface area contributed by atoms with Crippen LogP contribution >= 0.6 is 11.3 Å². The maximum Gasteiger partial charge on any atom is 0.149 e. The van der Waals surface area contributed by atoms with Crippen LogP contribution in [0.5, 0.6) is 0 Å². The summed E-state index contributed by atoms with van der Waals surface area (Å²) in [5.74, 6) is 1.77. The first kappa shape index (κ1) is 18.6. The Hall–Kier alpha value is -2.78. The second-order valence-corrected chi connectivity index (χ2v) is 7.84. The largest absolute Gasteiger partial charge is 0.361 e. The van der Waals surface area contributed by atoms with Crippen molar-refractivity contribution in [2.75, 3.05) is 0 Å². The lowest BCUT2D eigenvalue weighted by molar-refractivity contribution is 0.388. The van der Waals surface area contributed by atoms with Gasteiger partial charge in [-0.2, -0.15) is 5.10 Å². The number of hydrogen-bond acceptors (Lipinski definition) is 7. The zero-order chi connectivity index (χ0) is 19.5. The summed E-state index contributed by atoms with van der Waals surface area (Å²) in [4.78, 5) is 2.40. The second-order valence-electron chi connectivity index (χ2n) is 6.67. The molecule has 0 amide bonds. The van der Waals surface area contributed by atoms with E-state index in [1.54, 1.807) is 17.7 Å². The molecule has 4 aromatic rings. The van der Waals surface area contributed by atoms with Gasteiger partial charge in [-0.15, -0.1) is 21.5 Å². The van der Waals surface area contributed by atoms with Gasteiger partial charge in [-0.25, -0.2) is 0 Å². The molecule has 0 fully saturated rings. The number of aryl methyl sites for hydroxylation is 2. The molecule has 0 aromatic carbocycles. The molecule has 1 unspecified atom stereocenters. The highest BCUT2D eigenvalue weighted by Crippen LogP contribution is 2.27. The fourth-order valence-corrected chi connectivity index (χ4v) is 3.96. The van der Waals surface area contributed by atoms with Crippen LogP contribution in [0.25, 0.3) is 10.6 Å². The summed E-state index contributed by atoms with van der Waals surface area (Å²) in [5, 5.41) is 20.4. The van der Waals surface area contributed by atoms with Gasteiger partial charge in [-0.05, 0) is 39.0 Å². The molecule has 28 heavy (non-hydrogen) atoms. The Morgan fingerprint density at radius 2 is 2.18 bits per heavy atom. The summed E-state index contributed by atoms with van der Waals surface area (Å²) in [7, 11) is 0. The topological polar surface area (TPSA) is 86.6 Å². The van der Waals surface area contributed by atoms with Crippen molar-refractivity contribution in [2.45, 2.75) is 46.4 Å². The number of aromatic nitrogens is 6. The van der Waals surface area contributed by atoms with E-state index in [-0.39, 0.29) is 6.04 Å². The van der Waals surface area contributed by atoms with Gasteiger partial charge >= 0.3 is 0 Å². The lowest BCUT2D eigenvalue weighted by Crippen LogP contribution is -2.21. The van der Waals surface area contributed by atoms with E-state index in [1.807, 2.05) is 29.9 Å². The van der Waals surface area contributed by atoms with Crippen LogP contribution in [-0.2, 0) is 19.6 Å². The van der Waals surface area contributed by atoms with Crippen LogP contribution in [0.2, 0.25) is 0 Å². The van der Waals surface area contributed by atoms with E-state index in [1.165, 1.54) is 4.88 Å². The van der Waals surface area contributed by atoms with E-state index >= 15 is 0 Å². The van der Waals surface area contributed by atoms with Crippen LogP contribution in [0.4, 0.5) is 0 Å².